The van der Waals surface area contributed by atoms with Gasteiger partial charge in [-0.1, -0.05) is 23.2 Å². The van der Waals surface area contributed by atoms with Gasteiger partial charge in [-0.25, -0.2) is 5.10 Å². The van der Waals surface area contributed by atoms with E-state index in [0.29, 0.717) is 20.9 Å². The van der Waals surface area contributed by atoms with Crippen LogP contribution in [0.4, 0.5) is 5.95 Å². The molecular weight excluding hydrogens is 331 g/mol. The molecule has 2 aromatic heterocycles. The summed E-state index contributed by atoms with van der Waals surface area (Å²) in [5.41, 5.74) is 0.871. The van der Waals surface area contributed by atoms with Crippen molar-refractivity contribution in [1.29, 1.82) is 0 Å². The van der Waals surface area contributed by atoms with Crippen molar-refractivity contribution >= 4 is 46.4 Å². The van der Waals surface area contributed by atoms with Gasteiger partial charge in [-0.15, -0.1) is 11.3 Å². The first kappa shape index (κ1) is 14.1. The van der Waals surface area contributed by atoms with Gasteiger partial charge in [0.25, 0.3) is 5.91 Å². The van der Waals surface area contributed by atoms with Crippen LogP contribution in [-0.4, -0.2) is 21.1 Å². The number of amides is 1. The molecule has 1 aromatic carbocycles. The molecule has 3 rings (SSSR count). The molecule has 3 aromatic rings. The largest absolute Gasteiger partial charge is 0.290 e. The summed E-state index contributed by atoms with van der Waals surface area (Å²) in [7, 11) is 0. The first-order valence-electron chi connectivity index (χ1n) is 5.85. The van der Waals surface area contributed by atoms with Gasteiger partial charge >= 0.3 is 0 Å². The number of halogens is 2. The average Bonchev–Trinajstić information content (AvgIpc) is 3.08. The van der Waals surface area contributed by atoms with Crippen LogP contribution in [0.1, 0.15) is 9.67 Å². The van der Waals surface area contributed by atoms with E-state index in [9.17, 15) is 4.79 Å². The summed E-state index contributed by atoms with van der Waals surface area (Å²) in [5.74, 6) is 0.0527. The van der Waals surface area contributed by atoms with Crippen molar-refractivity contribution < 1.29 is 4.79 Å². The molecule has 0 radical (unpaired) electrons. The van der Waals surface area contributed by atoms with Crippen LogP contribution in [0, 0.1) is 0 Å². The molecule has 2 heterocycles. The Labute approximate surface area is 133 Å². The molecule has 106 valence electrons. The van der Waals surface area contributed by atoms with Gasteiger partial charge in [0.15, 0.2) is 0 Å². The van der Waals surface area contributed by atoms with Gasteiger partial charge in [-0.3, -0.25) is 10.1 Å². The Morgan fingerprint density at radius 3 is 2.62 bits per heavy atom. The SMILES string of the molecule is O=C(Nc1ncn[nH]1)c1ccc(-c2cc(Cl)cc(Cl)c2)s1. The van der Waals surface area contributed by atoms with Gasteiger partial charge < -0.3 is 0 Å². The molecule has 1 amide bonds. The molecule has 0 aliphatic heterocycles. The minimum atomic E-state index is -0.254. The number of nitrogens with one attached hydrogen (secondary N) is 2. The quantitative estimate of drug-likeness (QED) is 0.755. The normalized spacial score (nSPS) is 10.6. The highest BCUT2D eigenvalue weighted by Crippen LogP contribution is 2.32. The molecule has 0 bridgehead atoms. The molecule has 21 heavy (non-hydrogen) atoms. The summed E-state index contributed by atoms with van der Waals surface area (Å²) in [5, 5.41) is 9.96. The predicted octanol–water partition coefficient (Wildman–Crippen LogP) is 4.09. The zero-order chi connectivity index (χ0) is 14.8. The van der Waals surface area contributed by atoms with Crippen LogP contribution < -0.4 is 5.32 Å². The third kappa shape index (κ3) is 3.24. The smallest absolute Gasteiger partial charge is 0.268 e. The van der Waals surface area contributed by atoms with E-state index in [-0.39, 0.29) is 5.91 Å². The second-order valence-electron chi connectivity index (χ2n) is 4.11. The van der Waals surface area contributed by atoms with Crippen LogP contribution in [-0.2, 0) is 0 Å². The Balaban J connectivity index is 1.84. The first-order chi connectivity index (χ1) is 10.1. The number of carbonyl (C=O) groups excluding carboxylic acids is 1. The van der Waals surface area contributed by atoms with E-state index in [1.54, 1.807) is 24.3 Å². The Hall–Kier alpha value is -1.89. The lowest BCUT2D eigenvalue weighted by atomic mass is 10.2. The molecule has 0 atom stereocenters. The molecule has 0 spiro atoms. The molecule has 0 aliphatic rings. The van der Waals surface area contributed by atoms with Crippen molar-refractivity contribution in [2.75, 3.05) is 5.32 Å². The third-order valence-corrected chi connectivity index (χ3v) is 4.19. The molecule has 0 saturated carbocycles. The van der Waals surface area contributed by atoms with Crippen LogP contribution in [0.5, 0.6) is 0 Å². The van der Waals surface area contributed by atoms with E-state index in [2.05, 4.69) is 20.5 Å². The molecule has 0 fully saturated rings. The fourth-order valence-electron chi connectivity index (χ4n) is 1.75. The second kappa shape index (κ2) is 5.85. The van der Waals surface area contributed by atoms with E-state index in [1.807, 2.05) is 6.07 Å². The topological polar surface area (TPSA) is 70.7 Å². The van der Waals surface area contributed by atoms with E-state index >= 15 is 0 Å². The summed E-state index contributed by atoms with van der Waals surface area (Å²) < 4.78 is 0. The highest BCUT2D eigenvalue weighted by molar-refractivity contribution is 7.17. The van der Waals surface area contributed by atoms with E-state index in [0.717, 1.165) is 10.4 Å². The maximum absolute atomic E-state index is 12.0. The lowest BCUT2D eigenvalue weighted by Gasteiger charge is -2.00. The van der Waals surface area contributed by atoms with Crippen molar-refractivity contribution in [3.8, 4) is 10.4 Å². The fraction of sp³-hybridized carbons (Fsp3) is 0. The lowest BCUT2D eigenvalue weighted by molar-refractivity contribution is 0.102. The number of carbonyl (C=O) groups is 1. The van der Waals surface area contributed by atoms with Gasteiger partial charge in [0.1, 0.15) is 6.33 Å². The Morgan fingerprint density at radius 2 is 1.95 bits per heavy atom. The number of hydrogen-bond donors (Lipinski definition) is 2. The number of thiophene rings is 1. The molecule has 8 heteroatoms. The summed E-state index contributed by atoms with van der Waals surface area (Å²) in [6, 6.07) is 8.86. The minimum absolute atomic E-state index is 0.254. The van der Waals surface area contributed by atoms with Gasteiger partial charge in [0.05, 0.1) is 4.88 Å². The van der Waals surface area contributed by atoms with Crippen molar-refractivity contribution in [3.63, 3.8) is 0 Å². The minimum Gasteiger partial charge on any atom is -0.290 e. The molecular formula is C13H8Cl2N4OS. The highest BCUT2D eigenvalue weighted by Gasteiger charge is 2.12. The van der Waals surface area contributed by atoms with Gasteiger partial charge in [0, 0.05) is 14.9 Å². The maximum atomic E-state index is 12.0. The van der Waals surface area contributed by atoms with Gasteiger partial charge in [-0.2, -0.15) is 10.1 Å². The zero-order valence-electron chi connectivity index (χ0n) is 10.4. The Kier molecular flexibility index (Phi) is 3.92. The number of anilines is 1. The molecule has 0 saturated heterocycles. The summed E-state index contributed by atoms with van der Waals surface area (Å²) in [4.78, 5) is 17.3. The zero-order valence-corrected chi connectivity index (χ0v) is 12.8. The van der Waals surface area contributed by atoms with Crippen LogP contribution in [0.25, 0.3) is 10.4 Å². The van der Waals surface area contributed by atoms with Crippen molar-refractivity contribution in [1.82, 2.24) is 15.2 Å². The van der Waals surface area contributed by atoms with E-state index in [4.69, 9.17) is 23.2 Å². The number of H-pyrrole nitrogens is 1. The van der Waals surface area contributed by atoms with Crippen molar-refractivity contribution in [2.45, 2.75) is 0 Å². The van der Waals surface area contributed by atoms with E-state index in [1.165, 1.54) is 17.7 Å². The van der Waals surface area contributed by atoms with Crippen LogP contribution in [0.15, 0.2) is 36.7 Å². The number of nitrogens with zero attached hydrogens (tertiary/aromatic N) is 2. The second-order valence-corrected chi connectivity index (χ2v) is 6.07. The molecule has 5 nitrogen and oxygen atoms in total. The summed E-state index contributed by atoms with van der Waals surface area (Å²) in [6.07, 6.45) is 1.32. The van der Waals surface area contributed by atoms with Crippen LogP contribution in [0.2, 0.25) is 10.0 Å². The Morgan fingerprint density at radius 1 is 1.19 bits per heavy atom. The maximum Gasteiger partial charge on any atom is 0.268 e. The monoisotopic (exact) mass is 338 g/mol. The first-order valence-corrected chi connectivity index (χ1v) is 7.42. The predicted molar refractivity (Wildman–Crippen MR) is 84.1 cm³/mol. The number of hydrogen-bond acceptors (Lipinski definition) is 4. The van der Waals surface area contributed by atoms with E-state index < -0.39 is 0 Å². The summed E-state index contributed by atoms with van der Waals surface area (Å²) in [6.45, 7) is 0. The van der Waals surface area contributed by atoms with Crippen molar-refractivity contribution in [3.05, 3.63) is 51.6 Å². The average molecular weight is 339 g/mol. The van der Waals surface area contributed by atoms with Gasteiger partial charge in [0.2, 0.25) is 5.95 Å². The number of rotatable bonds is 3. The molecule has 2 N–H and O–H groups in total. The number of aromatic nitrogens is 3. The highest BCUT2D eigenvalue weighted by atomic mass is 35.5. The number of aromatic amines is 1. The standard InChI is InChI=1S/C13H8Cl2N4OS/c14-8-3-7(4-9(15)5-8)10-1-2-11(21-10)12(20)18-13-16-6-17-19-13/h1-6H,(H2,16,17,18,19,20). The van der Waals surface area contributed by atoms with Gasteiger partial charge in [-0.05, 0) is 35.9 Å². The van der Waals surface area contributed by atoms with Crippen molar-refractivity contribution in [2.24, 2.45) is 0 Å². The number of benzene rings is 1. The Bertz CT molecular complexity index is 765. The van der Waals surface area contributed by atoms with Crippen LogP contribution in [0.3, 0.4) is 0 Å². The summed E-state index contributed by atoms with van der Waals surface area (Å²) >= 11 is 13.3. The molecule has 0 aliphatic carbocycles. The van der Waals surface area contributed by atoms with Crippen LogP contribution >= 0.6 is 34.5 Å². The third-order valence-electron chi connectivity index (χ3n) is 2.62. The fourth-order valence-corrected chi connectivity index (χ4v) is 3.16. The molecule has 0 unspecified atom stereocenters. The lowest BCUT2D eigenvalue weighted by Crippen LogP contribution is -2.11.